The summed E-state index contributed by atoms with van der Waals surface area (Å²) in [6, 6.07) is 41.2. The lowest BCUT2D eigenvalue weighted by atomic mass is 9.94. The number of amides is 3. The van der Waals surface area contributed by atoms with Crippen molar-refractivity contribution in [1.82, 2.24) is 30.9 Å². The van der Waals surface area contributed by atoms with Crippen molar-refractivity contribution in [3.05, 3.63) is 282 Å². The molecular weight excluding hydrogens is 1750 g/mol. The average Bonchev–Trinajstić information content (AvgIpc) is 0.778. The van der Waals surface area contributed by atoms with Crippen LogP contribution in [0.2, 0.25) is 15.1 Å². The van der Waals surface area contributed by atoms with E-state index in [0.29, 0.717) is 172 Å². The van der Waals surface area contributed by atoms with Crippen LogP contribution in [-0.4, -0.2) is 159 Å². The standard InChI is InChI=1S/C32H27ClF2N4O4.C31H24ClF5N4O3.C31H23ClF2N4O4/c1-18-17-39(10-11-43-18)21-14-26(34)29(27(35)15-21)31(40)38-28(32(41)42-2)13-20-6-8-24(30-22(20)4-3-9-37-30)23-7-5-19(16-36)12-25(23)33;1-3-26(31(35,36)37)40-18-13-23(33)27(24(34)14-18)29(42)41-25(30(43)44-2)12-17-7-9-21(28-19(17)5-4-10-39-28)20-8-6-16(15-38)11-22(20)32;1-41-31(40)27(37-30(39)28-25(33)15-20(16-26(28)34)38-9-11-42-12-10-38)14-19-5-7-23(29-21(19)3-2-8-36-29)22-6-4-18(17-35)13-24(22)32/h3-9,12,14-15,18,28H,10-11,13,17H2,1-2H3,(H,38,40);4-11,13-14,25-26,40H,3,12H2,1-2H3,(H,41,42);2-9,13,15-16,27H,10-12,14H2,1H3/p+1/t18-,28+;25-,26+;27-/m100/s1. The number of hydrogen-bond acceptors (Lipinski definition) is 19. The largest absolute Gasteiger partial charge is 0.467 e. The fourth-order valence-electron chi connectivity index (χ4n) is 14.8. The first-order chi connectivity index (χ1) is 61.9. The molecule has 35 heteroatoms. The number of hydrogen-bond donors (Lipinski definition) is 4. The number of anilines is 2. The van der Waals surface area contributed by atoms with E-state index in [0.717, 1.165) is 45.6 Å². The van der Waals surface area contributed by atoms with Crippen molar-refractivity contribution in [1.29, 1.82) is 15.8 Å². The second kappa shape index (κ2) is 42.0. The van der Waals surface area contributed by atoms with Crippen LogP contribution < -0.4 is 26.2 Å². The molecule has 1 saturated heterocycles. The summed E-state index contributed by atoms with van der Waals surface area (Å²) in [6.45, 7) is 5.55. The molecule has 0 bridgehead atoms. The maximum Gasteiger partial charge on any atom is 0.408 e. The van der Waals surface area contributed by atoms with E-state index in [1.54, 1.807) is 156 Å². The van der Waals surface area contributed by atoms with Crippen LogP contribution in [0.4, 0.5) is 56.6 Å². The Hall–Kier alpha value is -14.1. The lowest BCUT2D eigenvalue weighted by Crippen LogP contribution is -2.44. The molecule has 12 aromatic rings. The van der Waals surface area contributed by atoms with Gasteiger partial charge in [-0.15, -0.1) is 0 Å². The molecular formula is C94H75Cl3F9N12O11+. The zero-order valence-corrected chi connectivity index (χ0v) is 71.2. The van der Waals surface area contributed by atoms with E-state index < -0.39 is 130 Å². The van der Waals surface area contributed by atoms with Crippen molar-refractivity contribution in [3.63, 3.8) is 0 Å². The Morgan fingerprint density at radius 2 is 0.868 bits per heavy atom. The number of nitrogens with one attached hydrogen (secondary N) is 4. The van der Waals surface area contributed by atoms with Gasteiger partial charge in [0.1, 0.15) is 89.0 Å². The SMILES string of the molecule is CC[C@@H](Nc1cc(F)c(C(=O)N[C@@H](Cc2ccc(-c3ccc(C#N)cc3Cl)c3ncccc23)C(=O)OC)c(F)c1)C(F)(F)F.COC(=O)[C@H](Cc1ccc(-c2ccc(C#N)cc2Cl)c2ncccc12)NC(=O)c1c(F)cc(N2CCO[C@H](C)C2)cc1F.COC(=O)[C@H](Cc1ccc(-c2ccc(C#N)cc2Cl)c2ncccc12)NC(=O)c1c(F)cc([N+]2=CCOCC2)cc1F. The predicted octanol–water partition coefficient (Wildman–Crippen LogP) is 17.4. The summed E-state index contributed by atoms with van der Waals surface area (Å²) in [7, 11) is 3.39. The van der Waals surface area contributed by atoms with E-state index in [2.05, 4.69) is 37.0 Å². The van der Waals surface area contributed by atoms with Gasteiger partial charge in [0.2, 0.25) is 5.69 Å². The van der Waals surface area contributed by atoms with Crippen LogP contribution in [-0.2, 0) is 57.3 Å². The molecule has 14 rings (SSSR count). The molecule has 5 atom stereocenters. The van der Waals surface area contributed by atoms with E-state index in [4.69, 9.17) is 63.7 Å². The first-order valence-corrected chi connectivity index (χ1v) is 40.7. The number of methoxy groups -OCH3 is 3. The Balaban J connectivity index is 0.000000175. The summed E-state index contributed by atoms with van der Waals surface area (Å²) in [5.41, 5.74) is 5.93. The summed E-state index contributed by atoms with van der Waals surface area (Å²) in [5.74, 6) is -13.1. The van der Waals surface area contributed by atoms with Gasteiger partial charge in [-0.2, -0.15) is 33.5 Å². The second-order valence-corrected chi connectivity index (χ2v) is 30.5. The van der Waals surface area contributed by atoms with Gasteiger partial charge in [0.05, 0.1) is 85.5 Å². The number of ether oxygens (including phenoxy) is 5. The third-order valence-corrected chi connectivity index (χ3v) is 22.1. The molecule has 5 heterocycles. The van der Waals surface area contributed by atoms with Gasteiger partial charge in [-0.1, -0.05) is 115 Å². The first-order valence-electron chi connectivity index (χ1n) is 39.6. The van der Waals surface area contributed by atoms with Crippen LogP contribution >= 0.6 is 34.8 Å². The smallest absolute Gasteiger partial charge is 0.408 e. The van der Waals surface area contributed by atoms with Crippen molar-refractivity contribution in [3.8, 4) is 51.6 Å². The fourth-order valence-corrected chi connectivity index (χ4v) is 15.7. The molecule has 660 valence electrons. The molecule has 2 aliphatic heterocycles. The normalized spacial score (nSPS) is 14.0. The molecule has 0 spiro atoms. The number of nitrogens with zero attached hydrogens (tertiary/aromatic N) is 8. The maximum atomic E-state index is 15.2. The zero-order chi connectivity index (χ0) is 92.7. The summed E-state index contributed by atoms with van der Waals surface area (Å²) >= 11 is 19.4. The van der Waals surface area contributed by atoms with Gasteiger partial charge < -0.3 is 49.9 Å². The van der Waals surface area contributed by atoms with Crippen molar-refractivity contribution in [2.75, 3.05) is 71.0 Å². The molecule has 0 unspecified atom stereocenters. The third-order valence-electron chi connectivity index (χ3n) is 21.1. The van der Waals surface area contributed by atoms with Crippen molar-refractivity contribution in [2.45, 2.75) is 76.0 Å². The van der Waals surface area contributed by atoms with E-state index in [1.165, 1.54) is 13.0 Å². The highest BCUT2D eigenvalue weighted by Gasteiger charge is 2.39. The van der Waals surface area contributed by atoms with E-state index in [9.17, 15) is 61.2 Å². The minimum Gasteiger partial charge on any atom is -0.467 e. The topological polar surface area (TPSA) is 313 Å². The fraction of sp³-hybridized carbons (Fsp3) is 0.223. The Bertz CT molecular complexity index is 6480. The van der Waals surface area contributed by atoms with Gasteiger partial charge in [0.15, 0.2) is 12.8 Å². The third kappa shape index (κ3) is 22.0. The number of nitriles is 3. The van der Waals surface area contributed by atoms with Gasteiger partial charge >= 0.3 is 24.1 Å². The number of aromatic nitrogens is 3. The number of esters is 3. The number of benzene rings is 9. The van der Waals surface area contributed by atoms with Gasteiger partial charge in [-0.25, -0.2) is 40.7 Å². The summed E-state index contributed by atoms with van der Waals surface area (Å²) in [6.07, 6.45) is 0.981. The highest BCUT2D eigenvalue weighted by atomic mass is 35.5. The minimum absolute atomic E-state index is 0.0466. The molecule has 2 aliphatic rings. The van der Waals surface area contributed by atoms with Gasteiger partial charge in [0, 0.05) is 139 Å². The second-order valence-electron chi connectivity index (χ2n) is 29.3. The van der Waals surface area contributed by atoms with Gasteiger partial charge in [-0.3, -0.25) is 29.3 Å². The molecule has 129 heavy (non-hydrogen) atoms. The Kier molecular flexibility index (Phi) is 30.6. The van der Waals surface area contributed by atoms with Crippen molar-refractivity contribution < 1.29 is 96.5 Å². The Labute approximate surface area is 746 Å². The van der Waals surface area contributed by atoms with Crippen LogP contribution in [0.1, 0.15) is 84.7 Å². The zero-order valence-electron chi connectivity index (χ0n) is 69.0. The first kappa shape index (κ1) is 94.1. The molecule has 23 nitrogen and oxygen atoms in total. The number of alkyl halides is 3. The summed E-state index contributed by atoms with van der Waals surface area (Å²) < 4.78 is 157. The molecule has 3 aromatic heterocycles. The Morgan fingerprint density at radius 1 is 0.512 bits per heavy atom. The number of carbonyl (C=O) groups excluding carboxylic acids is 6. The summed E-state index contributed by atoms with van der Waals surface area (Å²) in [4.78, 5) is 92.7. The highest BCUT2D eigenvalue weighted by molar-refractivity contribution is 6.35. The Morgan fingerprint density at radius 3 is 1.19 bits per heavy atom. The predicted molar refractivity (Wildman–Crippen MR) is 464 cm³/mol. The summed E-state index contributed by atoms with van der Waals surface area (Å²) in [5, 5.41) is 39.7. The number of pyridine rings is 3. The molecule has 4 N–H and O–H groups in total. The lowest BCUT2D eigenvalue weighted by molar-refractivity contribution is -0.450. The van der Waals surface area contributed by atoms with Crippen molar-refractivity contribution in [2.24, 2.45) is 0 Å². The van der Waals surface area contributed by atoms with Crippen LogP contribution in [0.15, 0.2) is 182 Å². The maximum absolute atomic E-state index is 15.2. The minimum atomic E-state index is -4.67. The number of fused-ring (bicyclic) bond motifs is 3. The molecule has 0 radical (unpaired) electrons. The monoisotopic (exact) mass is 1820 g/mol. The number of carbonyl (C=O) groups is 6. The number of morpholine rings is 1. The van der Waals surface area contributed by atoms with Crippen LogP contribution in [0.5, 0.6) is 0 Å². The molecule has 0 aliphatic carbocycles. The van der Waals surface area contributed by atoms with Crippen molar-refractivity contribution >= 4 is 126 Å². The quantitative estimate of drug-likeness (QED) is 0.0200. The average molecular weight is 1830 g/mol. The van der Waals surface area contributed by atoms with E-state index >= 15 is 17.6 Å². The lowest BCUT2D eigenvalue weighted by Gasteiger charge is -2.33. The highest BCUT2D eigenvalue weighted by Crippen LogP contribution is 2.40. The van der Waals surface area contributed by atoms with Gasteiger partial charge in [0.25, 0.3) is 17.7 Å². The van der Waals surface area contributed by atoms with E-state index in [1.807, 2.05) is 24.4 Å². The molecule has 1 fully saturated rings. The van der Waals surface area contributed by atoms with Crippen LogP contribution in [0, 0.1) is 68.9 Å². The molecule has 3 amide bonds. The number of rotatable bonds is 23. The number of halogens is 12. The van der Waals surface area contributed by atoms with Gasteiger partial charge in [-0.05, 0) is 109 Å². The van der Waals surface area contributed by atoms with E-state index in [-0.39, 0.29) is 31.1 Å². The molecule has 9 aromatic carbocycles. The molecule has 0 saturated carbocycles. The van der Waals surface area contributed by atoms with Crippen LogP contribution in [0.25, 0.3) is 66.1 Å². The van der Waals surface area contributed by atoms with Crippen LogP contribution in [0.3, 0.4) is 0 Å².